The van der Waals surface area contributed by atoms with E-state index in [1.165, 1.54) is 23.1 Å². The summed E-state index contributed by atoms with van der Waals surface area (Å²) in [5, 5.41) is 0. The molecular weight excluding hydrogens is 264 g/mol. The molecule has 0 bridgehead atoms. The molecule has 2 rings (SSSR count). The van der Waals surface area contributed by atoms with Gasteiger partial charge in [-0.15, -0.1) is 0 Å². The predicted molar refractivity (Wildman–Crippen MR) is 99.0 cm³/mol. The van der Waals surface area contributed by atoms with E-state index in [9.17, 15) is 0 Å². The van der Waals surface area contributed by atoms with Crippen molar-refractivity contribution in [2.24, 2.45) is 10.8 Å². The van der Waals surface area contributed by atoms with Gasteiger partial charge in [0.25, 0.3) is 0 Å². The lowest BCUT2D eigenvalue weighted by atomic mass is 9.58. The van der Waals surface area contributed by atoms with Gasteiger partial charge in [0.05, 0.1) is 0 Å². The van der Waals surface area contributed by atoms with Gasteiger partial charge >= 0.3 is 0 Å². The van der Waals surface area contributed by atoms with E-state index in [4.69, 9.17) is 0 Å². The van der Waals surface area contributed by atoms with E-state index < -0.39 is 0 Å². The van der Waals surface area contributed by atoms with Gasteiger partial charge in [-0.2, -0.15) is 0 Å². The maximum absolute atomic E-state index is 2.50. The SMILES string of the molecule is CC/C=C1/C(C)(C)C(c2ccc(CC)cc2)=CC[C@]1(C)CC. The van der Waals surface area contributed by atoms with E-state index in [0.29, 0.717) is 5.41 Å². The van der Waals surface area contributed by atoms with E-state index in [-0.39, 0.29) is 5.41 Å². The Hall–Kier alpha value is -1.30. The van der Waals surface area contributed by atoms with E-state index in [0.717, 1.165) is 19.3 Å². The van der Waals surface area contributed by atoms with Gasteiger partial charge in [-0.1, -0.05) is 83.5 Å². The highest BCUT2D eigenvalue weighted by molar-refractivity contribution is 5.75. The third kappa shape index (κ3) is 2.93. The first kappa shape index (κ1) is 17.1. The Morgan fingerprint density at radius 2 is 1.64 bits per heavy atom. The minimum absolute atomic E-state index is 0.118. The molecule has 22 heavy (non-hydrogen) atoms. The summed E-state index contributed by atoms with van der Waals surface area (Å²) in [6.45, 7) is 14.0. The number of aryl methyl sites for hydroxylation is 1. The van der Waals surface area contributed by atoms with Crippen LogP contribution in [-0.4, -0.2) is 0 Å². The fraction of sp³-hybridized carbons (Fsp3) is 0.545. The summed E-state index contributed by atoms with van der Waals surface area (Å²) in [4.78, 5) is 0. The van der Waals surface area contributed by atoms with Crippen molar-refractivity contribution in [1.82, 2.24) is 0 Å². The summed E-state index contributed by atoms with van der Waals surface area (Å²) in [5.74, 6) is 0. The fourth-order valence-corrected chi connectivity index (χ4v) is 4.03. The van der Waals surface area contributed by atoms with E-state index in [1.54, 1.807) is 5.57 Å². The number of allylic oxidation sites excluding steroid dienone is 4. The Bertz CT molecular complexity index is 569. The summed E-state index contributed by atoms with van der Waals surface area (Å²) >= 11 is 0. The molecule has 0 aliphatic heterocycles. The lowest BCUT2D eigenvalue weighted by Gasteiger charge is -2.46. The molecule has 120 valence electrons. The maximum atomic E-state index is 2.50. The zero-order chi connectivity index (χ0) is 16.4. The quantitative estimate of drug-likeness (QED) is 0.535. The molecule has 0 unspecified atom stereocenters. The summed E-state index contributed by atoms with van der Waals surface area (Å²) in [7, 11) is 0. The average Bonchev–Trinajstić information content (AvgIpc) is 2.51. The van der Waals surface area contributed by atoms with Crippen molar-refractivity contribution < 1.29 is 0 Å². The third-order valence-corrected chi connectivity index (χ3v) is 5.62. The van der Waals surface area contributed by atoms with Crippen LogP contribution in [0, 0.1) is 10.8 Å². The van der Waals surface area contributed by atoms with Gasteiger partial charge < -0.3 is 0 Å². The molecule has 0 saturated carbocycles. The number of hydrogen-bond donors (Lipinski definition) is 0. The van der Waals surface area contributed by atoms with Gasteiger partial charge in [-0.05, 0) is 47.8 Å². The van der Waals surface area contributed by atoms with Crippen LogP contribution in [0.15, 0.2) is 42.0 Å². The second-order valence-electron chi connectivity index (χ2n) is 7.44. The molecule has 0 saturated heterocycles. The molecule has 1 aromatic rings. The molecule has 0 fully saturated rings. The Balaban J connectivity index is 2.50. The Morgan fingerprint density at radius 1 is 1.00 bits per heavy atom. The van der Waals surface area contributed by atoms with Crippen LogP contribution in [0.1, 0.15) is 71.9 Å². The van der Waals surface area contributed by atoms with Crippen molar-refractivity contribution in [2.75, 3.05) is 0 Å². The first-order chi connectivity index (χ1) is 10.4. The van der Waals surface area contributed by atoms with Crippen LogP contribution in [0.3, 0.4) is 0 Å². The van der Waals surface area contributed by atoms with Gasteiger partial charge in [0.2, 0.25) is 0 Å². The highest BCUT2D eigenvalue weighted by Gasteiger charge is 2.41. The molecule has 1 atom stereocenters. The van der Waals surface area contributed by atoms with Crippen LogP contribution in [0.2, 0.25) is 0 Å². The first-order valence-electron chi connectivity index (χ1n) is 8.90. The van der Waals surface area contributed by atoms with E-state index in [1.807, 2.05) is 0 Å². The minimum Gasteiger partial charge on any atom is -0.0842 e. The third-order valence-electron chi connectivity index (χ3n) is 5.62. The van der Waals surface area contributed by atoms with Gasteiger partial charge in [0.15, 0.2) is 0 Å². The highest BCUT2D eigenvalue weighted by atomic mass is 14.5. The van der Waals surface area contributed by atoms with Crippen LogP contribution in [-0.2, 0) is 6.42 Å². The van der Waals surface area contributed by atoms with Crippen LogP contribution >= 0.6 is 0 Å². The zero-order valence-electron chi connectivity index (χ0n) is 15.3. The Labute approximate surface area is 137 Å². The molecule has 0 nitrogen and oxygen atoms in total. The summed E-state index contributed by atoms with van der Waals surface area (Å²) in [6, 6.07) is 9.18. The molecule has 1 aliphatic rings. The molecule has 0 radical (unpaired) electrons. The van der Waals surface area contributed by atoms with E-state index >= 15 is 0 Å². The number of rotatable bonds is 4. The molecular formula is C22H32. The monoisotopic (exact) mass is 296 g/mol. The molecule has 0 heteroatoms. The number of benzene rings is 1. The average molecular weight is 296 g/mol. The second-order valence-corrected chi connectivity index (χ2v) is 7.44. The van der Waals surface area contributed by atoms with Crippen molar-refractivity contribution in [2.45, 2.75) is 67.2 Å². The van der Waals surface area contributed by atoms with E-state index in [2.05, 4.69) is 78.0 Å². The molecule has 1 aliphatic carbocycles. The molecule has 0 heterocycles. The van der Waals surface area contributed by atoms with Crippen molar-refractivity contribution in [3.63, 3.8) is 0 Å². The smallest absolute Gasteiger partial charge is 0.0113 e. The van der Waals surface area contributed by atoms with Crippen molar-refractivity contribution in [3.05, 3.63) is 53.1 Å². The normalized spacial score (nSPS) is 26.1. The molecule has 0 aromatic heterocycles. The van der Waals surface area contributed by atoms with Crippen molar-refractivity contribution in [1.29, 1.82) is 0 Å². The van der Waals surface area contributed by atoms with Crippen molar-refractivity contribution in [3.8, 4) is 0 Å². The standard InChI is InChI=1S/C22H32/c1-7-10-20-21(4,5)19(15-16-22(20,6)9-3)18-13-11-17(8-2)12-14-18/h10-15H,7-9,16H2,1-6H3/b20-10-/t22-/m0/s1. The van der Waals surface area contributed by atoms with Gasteiger partial charge in [0, 0.05) is 5.41 Å². The Kier molecular flexibility index (Phi) is 5.00. The van der Waals surface area contributed by atoms with Crippen LogP contribution in [0.25, 0.3) is 5.57 Å². The number of hydrogen-bond acceptors (Lipinski definition) is 0. The fourth-order valence-electron chi connectivity index (χ4n) is 4.03. The maximum Gasteiger partial charge on any atom is 0.0113 e. The summed E-state index contributed by atoms with van der Waals surface area (Å²) < 4.78 is 0. The molecule has 0 spiro atoms. The van der Waals surface area contributed by atoms with Crippen LogP contribution < -0.4 is 0 Å². The molecule has 0 N–H and O–H groups in total. The lowest BCUT2D eigenvalue weighted by molar-refractivity contribution is 0.310. The first-order valence-corrected chi connectivity index (χ1v) is 8.90. The summed E-state index contributed by atoms with van der Waals surface area (Å²) in [6.07, 6.45) is 9.58. The van der Waals surface area contributed by atoms with Gasteiger partial charge in [0.1, 0.15) is 0 Å². The Morgan fingerprint density at radius 3 is 2.14 bits per heavy atom. The topological polar surface area (TPSA) is 0 Å². The van der Waals surface area contributed by atoms with Crippen molar-refractivity contribution >= 4 is 5.57 Å². The zero-order valence-corrected chi connectivity index (χ0v) is 15.3. The highest BCUT2D eigenvalue weighted by Crippen LogP contribution is 2.55. The summed E-state index contributed by atoms with van der Waals surface area (Å²) in [5.41, 5.74) is 6.37. The largest absolute Gasteiger partial charge is 0.0842 e. The van der Waals surface area contributed by atoms with Crippen LogP contribution in [0.4, 0.5) is 0 Å². The molecule has 1 aromatic carbocycles. The van der Waals surface area contributed by atoms with Gasteiger partial charge in [-0.25, -0.2) is 0 Å². The second kappa shape index (κ2) is 6.44. The molecule has 0 amide bonds. The lowest BCUT2D eigenvalue weighted by Crippen LogP contribution is -2.33. The van der Waals surface area contributed by atoms with Gasteiger partial charge in [-0.3, -0.25) is 0 Å². The van der Waals surface area contributed by atoms with Crippen LogP contribution in [0.5, 0.6) is 0 Å². The predicted octanol–water partition coefficient (Wildman–Crippen LogP) is 6.82. The minimum atomic E-state index is 0.118.